The number of carbonyl (C=O) groups is 1. The van der Waals surface area contributed by atoms with Crippen molar-refractivity contribution in [2.75, 3.05) is 10.6 Å². The van der Waals surface area contributed by atoms with Gasteiger partial charge in [-0.1, -0.05) is 25.9 Å². The van der Waals surface area contributed by atoms with Crippen molar-refractivity contribution in [2.45, 2.75) is 45.1 Å². The van der Waals surface area contributed by atoms with E-state index in [-0.39, 0.29) is 11.3 Å². The molecule has 0 aromatic carbocycles. The van der Waals surface area contributed by atoms with Gasteiger partial charge < -0.3 is 15.2 Å². The maximum Gasteiger partial charge on any atom is 0.276 e. The Balaban J connectivity index is 1.65. The molecule has 1 aliphatic carbocycles. The van der Waals surface area contributed by atoms with Gasteiger partial charge in [0.2, 0.25) is 0 Å². The molecule has 2 heterocycles. The first-order valence-electron chi connectivity index (χ1n) is 6.92. The summed E-state index contributed by atoms with van der Waals surface area (Å²) in [5.41, 5.74) is 0.251. The minimum Gasteiger partial charge on any atom is -0.359 e. The molecule has 0 aliphatic heterocycles. The van der Waals surface area contributed by atoms with Gasteiger partial charge in [-0.3, -0.25) is 4.79 Å². The van der Waals surface area contributed by atoms with Gasteiger partial charge in [0.25, 0.3) is 5.91 Å². The Morgan fingerprint density at radius 1 is 1.43 bits per heavy atom. The number of hydrogen-bond acceptors (Lipinski definition) is 6. The van der Waals surface area contributed by atoms with Crippen LogP contribution in [0, 0.1) is 0 Å². The lowest BCUT2D eigenvalue weighted by Crippen LogP contribution is -2.13. The van der Waals surface area contributed by atoms with E-state index in [0.717, 1.165) is 10.9 Å². The fraction of sp³-hybridized carbons (Fsp3) is 0.500. The van der Waals surface area contributed by atoms with Crippen molar-refractivity contribution in [2.24, 2.45) is 0 Å². The lowest BCUT2D eigenvalue weighted by atomic mass is 9.93. The Labute approximate surface area is 126 Å². The quantitative estimate of drug-likeness (QED) is 0.906. The summed E-state index contributed by atoms with van der Waals surface area (Å²) < 4.78 is 5.24. The summed E-state index contributed by atoms with van der Waals surface area (Å²) >= 11 is 1.44. The molecule has 0 saturated heterocycles. The molecule has 112 valence electrons. The third-order valence-corrected chi connectivity index (χ3v) is 3.91. The molecule has 0 radical (unpaired) electrons. The van der Waals surface area contributed by atoms with E-state index in [4.69, 9.17) is 4.52 Å². The van der Waals surface area contributed by atoms with E-state index >= 15 is 0 Å². The second-order valence-corrected chi connectivity index (χ2v) is 7.10. The van der Waals surface area contributed by atoms with Gasteiger partial charge in [0, 0.05) is 22.9 Å². The fourth-order valence-corrected chi connectivity index (χ4v) is 2.48. The van der Waals surface area contributed by atoms with Gasteiger partial charge in [0.05, 0.1) is 0 Å². The third-order valence-electron chi connectivity index (χ3n) is 3.13. The van der Waals surface area contributed by atoms with E-state index in [0.29, 0.717) is 17.6 Å². The molecule has 0 bridgehead atoms. The van der Waals surface area contributed by atoms with Crippen LogP contribution in [0.25, 0.3) is 0 Å². The van der Waals surface area contributed by atoms with E-state index in [1.165, 1.54) is 24.2 Å². The van der Waals surface area contributed by atoms with Crippen LogP contribution in [0.3, 0.4) is 0 Å². The molecule has 2 aromatic rings. The van der Waals surface area contributed by atoms with Crippen molar-refractivity contribution >= 4 is 28.2 Å². The monoisotopic (exact) mass is 306 g/mol. The Bertz CT molecular complexity index is 652. The maximum atomic E-state index is 12.1. The number of nitrogens with one attached hydrogen (secondary N) is 2. The molecule has 0 atom stereocenters. The van der Waals surface area contributed by atoms with Crippen LogP contribution in [0.2, 0.25) is 0 Å². The van der Waals surface area contributed by atoms with Crippen molar-refractivity contribution < 1.29 is 9.32 Å². The van der Waals surface area contributed by atoms with Crippen molar-refractivity contribution in [1.82, 2.24) is 10.1 Å². The van der Waals surface area contributed by atoms with E-state index in [9.17, 15) is 4.79 Å². The van der Waals surface area contributed by atoms with Gasteiger partial charge in [-0.2, -0.15) is 0 Å². The molecule has 1 aliphatic rings. The van der Waals surface area contributed by atoms with Crippen LogP contribution in [-0.4, -0.2) is 22.1 Å². The molecule has 7 heteroatoms. The van der Waals surface area contributed by atoms with E-state index in [1.807, 2.05) is 20.8 Å². The van der Waals surface area contributed by atoms with Gasteiger partial charge in [0.1, 0.15) is 11.5 Å². The van der Waals surface area contributed by atoms with Gasteiger partial charge in [0.15, 0.2) is 10.9 Å². The standard InChI is InChI=1S/C14H18N4O2S/c1-14(2,3)10-6-11(18-20-10)17-12(19)9-7-21-13(16-9)15-8-4-5-8/h6-8H,4-5H2,1-3H3,(H,15,16)(H,17,18,19). The maximum absolute atomic E-state index is 12.1. The summed E-state index contributed by atoms with van der Waals surface area (Å²) in [6.45, 7) is 6.07. The van der Waals surface area contributed by atoms with Gasteiger partial charge in [-0.05, 0) is 12.8 Å². The Morgan fingerprint density at radius 3 is 2.81 bits per heavy atom. The normalized spacial score (nSPS) is 15.0. The molecule has 0 unspecified atom stereocenters. The fourth-order valence-electron chi connectivity index (χ4n) is 1.71. The summed E-state index contributed by atoms with van der Waals surface area (Å²) in [6.07, 6.45) is 2.35. The number of aromatic nitrogens is 2. The molecule has 0 spiro atoms. The highest BCUT2D eigenvalue weighted by molar-refractivity contribution is 7.13. The average Bonchev–Trinajstić information content (AvgIpc) is 2.90. The Kier molecular flexibility index (Phi) is 3.44. The van der Waals surface area contributed by atoms with Crippen LogP contribution in [-0.2, 0) is 5.41 Å². The summed E-state index contributed by atoms with van der Waals surface area (Å²) in [4.78, 5) is 16.4. The van der Waals surface area contributed by atoms with Crippen LogP contribution in [0.1, 0.15) is 49.9 Å². The predicted molar refractivity (Wildman–Crippen MR) is 81.9 cm³/mol. The van der Waals surface area contributed by atoms with Gasteiger partial charge in [-0.15, -0.1) is 11.3 Å². The van der Waals surface area contributed by atoms with Crippen LogP contribution >= 0.6 is 11.3 Å². The summed E-state index contributed by atoms with van der Waals surface area (Å²) in [5, 5.41) is 12.4. The molecule has 21 heavy (non-hydrogen) atoms. The van der Waals surface area contributed by atoms with Crippen molar-refractivity contribution in [3.63, 3.8) is 0 Å². The highest BCUT2D eigenvalue weighted by Crippen LogP contribution is 2.27. The summed E-state index contributed by atoms with van der Waals surface area (Å²) in [7, 11) is 0. The molecule has 1 saturated carbocycles. The number of thiazole rings is 1. The Hall–Kier alpha value is -1.89. The van der Waals surface area contributed by atoms with Gasteiger partial charge in [-0.25, -0.2) is 4.98 Å². The zero-order chi connectivity index (χ0) is 15.0. The topological polar surface area (TPSA) is 80.0 Å². The molecule has 1 fully saturated rings. The smallest absolute Gasteiger partial charge is 0.276 e. The van der Waals surface area contributed by atoms with E-state index < -0.39 is 0 Å². The zero-order valence-corrected chi connectivity index (χ0v) is 13.1. The molecule has 2 N–H and O–H groups in total. The predicted octanol–water partition coefficient (Wildman–Crippen LogP) is 3.26. The average molecular weight is 306 g/mol. The number of rotatable bonds is 4. The van der Waals surface area contributed by atoms with E-state index in [1.54, 1.807) is 11.4 Å². The van der Waals surface area contributed by atoms with Crippen LogP contribution < -0.4 is 10.6 Å². The zero-order valence-electron chi connectivity index (χ0n) is 12.3. The second-order valence-electron chi connectivity index (χ2n) is 6.24. The number of anilines is 2. The number of carbonyl (C=O) groups excluding carboxylic acids is 1. The number of nitrogens with zero attached hydrogens (tertiary/aromatic N) is 2. The number of amides is 1. The highest BCUT2D eigenvalue weighted by Gasteiger charge is 2.23. The first-order chi connectivity index (χ1) is 9.91. The molecule has 2 aromatic heterocycles. The van der Waals surface area contributed by atoms with E-state index in [2.05, 4.69) is 20.8 Å². The van der Waals surface area contributed by atoms with Crippen LogP contribution in [0.5, 0.6) is 0 Å². The molecular formula is C14H18N4O2S. The second kappa shape index (κ2) is 5.14. The molecule has 1 amide bonds. The van der Waals surface area contributed by atoms with Crippen molar-refractivity contribution in [1.29, 1.82) is 0 Å². The molecule has 6 nitrogen and oxygen atoms in total. The summed E-state index contributed by atoms with van der Waals surface area (Å²) in [5.74, 6) is 0.866. The Morgan fingerprint density at radius 2 is 2.19 bits per heavy atom. The SMILES string of the molecule is CC(C)(C)c1cc(NC(=O)c2csc(NC3CC3)n2)no1. The molecular weight excluding hydrogens is 288 g/mol. The minimum atomic E-state index is -0.274. The third kappa shape index (κ3) is 3.41. The van der Waals surface area contributed by atoms with Crippen LogP contribution in [0.15, 0.2) is 16.0 Å². The first kappa shape index (κ1) is 14.1. The summed E-state index contributed by atoms with van der Waals surface area (Å²) in [6, 6.07) is 2.27. The first-order valence-corrected chi connectivity index (χ1v) is 7.80. The van der Waals surface area contributed by atoms with Crippen molar-refractivity contribution in [3.8, 4) is 0 Å². The largest absolute Gasteiger partial charge is 0.359 e. The van der Waals surface area contributed by atoms with Crippen molar-refractivity contribution in [3.05, 3.63) is 22.9 Å². The number of hydrogen-bond donors (Lipinski definition) is 2. The molecule has 3 rings (SSSR count). The minimum absolute atomic E-state index is 0.141. The lowest BCUT2D eigenvalue weighted by molar-refractivity contribution is 0.102. The highest BCUT2D eigenvalue weighted by atomic mass is 32.1. The van der Waals surface area contributed by atoms with Crippen LogP contribution in [0.4, 0.5) is 10.9 Å². The van der Waals surface area contributed by atoms with Gasteiger partial charge >= 0.3 is 0 Å². The lowest BCUT2D eigenvalue weighted by Gasteiger charge is -2.11.